The monoisotopic (exact) mass is 341 g/mol. The van der Waals surface area contributed by atoms with Crippen LogP contribution in [0.1, 0.15) is 17.3 Å². The first kappa shape index (κ1) is 16.4. The van der Waals surface area contributed by atoms with Crippen molar-refractivity contribution in [3.8, 4) is 5.75 Å². The van der Waals surface area contributed by atoms with Gasteiger partial charge in [0.05, 0.1) is 23.2 Å². The zero-order chi connectivity index (χ0) is 18.0. The maximum Gasteiger partial charge on any atom is 0.271 e. The van der Waals surface area contributed by atoms with Gasteiger partial charge in [0.15, 0.2) is 0 Å². The number of nitrogens with one attached hydrogen (secondary N) is 1. The lowest BCUT2D eigenvalue weighted by molar-refractivity contribution is -0.384. The molecule has 1 amide bonds. The van der Waals surface area contributed by atoms with Crippen molar-refractivity contribution in [2.45, 2.75) is 13.5 Å². The molecule has 3 rings (SSSR count). The van der Waals surface area contributed by atoms with Crippen LogP contribution in [0.3, 0.4) is 0 Å². The minimum atomic E-state index is -0.537. The predicted octanol–water partition coefficient (Wildman–Crippen LogP) is 2.62. The normalized spacial score (nSPS) is 10.6. The van der Waals surface area contributed by atoms with Crippen LogP contribution in [-0.2, 0) is 6.54 Å². The molecule has 1 N–H and O–H groups in total. The summed E-state index contributed by atoms with van der Waals surface area (Å²) in [7, 11) is 1.42. The van der Waals surface area contributed by atoms with Crippen LogP contribution in [0, 0.1) is 10.1 Å². The van der Waals surface area contributed by atoms with E-state index < -0.39 is 10.8 Å². The highest BCUT2D eigenvalue weighted by Crippen LogP contribution is 2.29. The number of fused-ring (bicyclic) bond motifs is 1. The molecule has 3 aromatic rings. The van der Waals surface area contributed by atoms with Crippen molar-refractivity contribution in [1.82, 2.24) is 15.0 Å². The molecule has 9 heteroatoms. The highest BCUT2D eigenvalue weighted by molar-refractivity contribution is 6.06. The molecule has 2 aromatic carbocycles. The zero-order valence-electron chi connectivity index (χ0n) is 13.6. The van der Waals surface area contributed by atoms with E-state index in [-0.39, 0.29) is 11.4 Å². The summed E-state index contributed by atoms with van der Waals surface area (Å²) < 4.78 is 6.86. The molecule has 0 atom stereocenters. The Bertz CT molecular complexity index is 966. The lowest BCUT2D eigenvalue weighted by atomic mass is 10.1. The number of carbonyl (C=O) groups excluding carboxylic acids is 1. The van der Waals surface area contributed by atoms with Crippen molar-refractivity contribution in [1.29, 1.82) is 0 Å². The maximum atomic E-state index is 12.5. The van der Waals surface area contributed by atoms with Gasteiger partial charge in [-0.1, -0.05) is 5.21 Å². The van der Waals surface area contributed by atoms with Gasteiger partial charge in [-0.3, -0.25) is 14.9 Å². The number of nitro groups is 1. The third kappa shape index (κ3) is 3.11. The Morgan fingerprint density at radius 1 is 1.32 bits per heavy atom. The van der Waals surface area contributed by atoms with E-state index in [1.54, 1.807) is 22.9 Å². The molecule has 0 fully saturated rings. The Kier molecular flexibility index (Phi) is 4.29. The van der Waals surface area contributed by atoms with Gasteiger partial charge in [0.2, 0.25) is 0 Å². The third-order valence-electron chi connectivity index (χ3n) is 3.72. The van der Waals surface area contributed by atoms with E-state index in [0.29, 0.717) is 23.4 Å². The number of methoxy groups -OCH3 is 1. The molecule has 0 aliphatic rings. The number of amides is 1. The van der Waals surface area contributed by atoms with E-state index in [0.717, 1.165) is 5.52 Å². The van der Waals surface area contributed by atoms with E-state index in [1.807, 2.05) is 6.92 Å². The van der Waals surface area contributed by atoms with Gasteiger partial charge in [-0.05, 0) is 31.2 Å². The quantitative estimate of drug-likeness (QED) is 0.564. The molecule has 0 aliphatic carbocycles. The number of nitrogens with zero attached hydrogens (tertiary/aromatic N) is 4. The molecule has 0 radical (unpaired) electrons. The van der Waals surface area contributed by atoms with Gasteiger partial charge in [-0.2, -0.15) is 0 Å². The van der Waals surface area contributed by atoms with Crippen molar-refractivity contribution >= 4 is 28.3 Å². The fourth-order valence-electron chi connectivity index (χ4n) is 2.45. The van der Waals surface area contributed by atoms with Gasteiger partial charge in [0, 0.05) is 24.2 Å². The van der Waals surface area contributed by atoms with E-state index in [2.05, 4.69) is 15.6 Å². The fraction of sp³-hybridized carbons (Fsp3) is 0.188. The largest absolute Gasteiger partial charge is 0.495 e. The van der Waals surface area contributed by atoms with Crippen molar-refractivity contribution in [2.24, 2.45) is 0 Å². The van der Waals surface area contributed by atoms with Crippen molar-refractivity contribution in [3.05, 3.63) is 52.1 Å². The minimum Gasteiger partial charge on any atom is -0.495 e. The van der Waals surface area contributed by atoms with Crippen LogP contribution in [0.25, 0.3) is 11.0 Å². The Morgan fingerprint density at radius 3 is 2.80 bits per heavy atom. The summed E-state index contributed by atoms with van der Waals surface area (Å²) in [6.45, 7) is 2.62. The fourth-order valence-corrected chi connectivity index (χ4v) is 2.45. The van der Waals surface area contributed by atoms with Crippen LogP contribution in [0.4, 0.5) is 11.4 Å². The number of hydrogen-bond acceptors (Lipinski definition) is 6. The maximum absolute atomic E-state index is 12.5. The lowest BCUT2D eigenvalue weighted by Gasteiger charge is -2.10. The molecule has 1 heterocycles. The van der Waals surface area contributed by atoms with Gasteiger partial charge in [-0.25, -0.2) is 4.68 Å². The number of ether oxygens (including phenoxy) is 1. The molecule has 0 saturated heterocycles. The van der Waals surface area contributed by atoms with Crippen LogP contribution in [-0.4, -0.2) is 32.9 Å². The first-order chi connectivity index (χ1) is 12.0. The van der Waals surface area contributed by atoms with Crippen LogP contribution < -0.4 is 10.1 Å². The summed E-state index contributed by atoms with van der Waals surface area (Å²) in [5, 5.41) is 21.6. The number of aryl methyl sites for hydroxylation is 1. The van der Waals surface area contributed by atoms with E-state index >= 15 is 0 Å². The summed E-state index contributed by atoms with van der Waals surface area (Å²) >= 11 is 0. The topological polar surface area (TPSA) is 112 Å². The average Bonchev–Trinajstić information content (AvgIpc) is 3.03. The Labute approximate surface area is 142 Å². The number of benzene rings is 2. The van der Waals surface area contributed by atoms with Crippen molar-refractivity contribution < 1.29 is 14.5 Å². The van der Waals surface area contributed by atoms with E-state index in [4.69, 9.17) is 4.74 Å². The molecule has 0 saturated carbocycles. The molecular formula is C16H15N5O4. The number of nitro benzene ring substituents is 1. The first-order valence-corrected chi connectivity index (χ1v) is 7.50. The zero-order valence-corrected chi connectivity index (χ0v) is 13.6. The van der Waals surface area contributed by atoms with Crippen LogP contribution in [0.2, 0.25) is 0 Å². The van der Waals surface area contributed by atoms with Gasteiger partial charge in [-0.15, -0.1) is 5.10 Å². The van der Waals surface area contributed by atoms with Gasteiger partial charge < -0.3 is 10.1 Å². The molecule has 0 bridgehead atoms. The smallest absolute Gasteiger partial charge is 0.271 e. The molecule has 0 aliphatic heterocycles. The van der Waals surface area contributed by atoms with Gasteiger partial charge in [0.25, 0.3) is 11.6 Å². The Hall–Kier alpha value is -3.49. The second kappa shape index (κ2) is 6.56. The van der Waals surface area contributed by atoms with Crippen molar-refractivity contribution in [2.75, 3.05) is 12.4 Å². The van der Waals surface area contributed by atoms with Gasteiger partial charge >= 0.3 is 0 Å². The summed E-state index contributed by atoms with van der Waals surface area (Å²) in [6.07, 6.45) is 0. The third-order valence-corrected chi connectivity index (χ3v) is 3.72. The number of rotatable bonds is 5. The average molecular weight is 341 g/mol. The highest BCUT2D eigenvalue weighted by Gasteiger charge is 2.15. The number of anilines is 1. The summed E-state index contributed by atoms with van der Waals surface area (Å²) in [5.41, 5.74) is 1.87. The number of hydrogen-bond donors (Lipinski definition) is 1. The predicted molar refractivity (Wildman–Crippen MR) is 90.8 cm³/mol. The SMILES string of the molecule is CCn1nnc2cc(C(=O)Nc3cc([N+](=O)[O-])ccc3OC)ccc21. The van der Waals surface area contributed by atoms with Crippen molar-refractivity contribution in [3.63, 3.8) is 0 Å². The molecule has 128 valence electrons. The highest BCUT2D eigenvalue weighted by atomic mass is 16.6. The number of aromatic nitrogens is 3. The molecule has 9 nitrogen and oxygen atoms in total. The molecular weight excluding hydrogens is 326 g/mol. The second-order valence-electron chi connectivity index (χ2n) is 5.20. The van der Waals surface area contributed by atoms with Crippen LogP contribution in [0.5, 0.6) is 5.75 Å². The Morgan fingerprint density at radius 2 is 2.12 bits per heavy atom. The first-order valence-electron chi connectivity index (χ1n) is 7.50. The van der Waals surface area contributed by atoms with E-state index in [9.17, 15) is 14.9 Å². The molecule has 1 aromatic heterocycles. The molecule has 0 unspecified atom stereocenters. The summed E-state index contributed by atoms with van der Waals surface area (Å²) in [6, 6.07) is 9.03. The number of non-ortho nitro benzene ring substituents is 1. The van der Waals surface area contributed by atoms with E-state index in [1.165, 1.54) is 25.3 Å². The molecule has 25 heavy (non-hydrogen) atoms. The Balaban J connectivity index is 1.91. The second-order valence-corrected chi connectivity index (χ2v) is 5.20. The summed E-state index contributed by atoms with van der Waals surface area (Å²) in [4.78, 5) is 22.9. The minimum absolute atomic E-state index is 0.141. The van der Waals surface area contributed by atoms with Crippen LogP contribution in [0.15, 0.2) is 36.4 Å². The van der Waals surface area contributed by atoms with Gasteiger partial charge in [0.1, 0.15) is 11.3 Å². The summed E-state index contributed by atoms with van der Waals surface area (Å²) in [5.74, 6) is -0.0938. The van der Waals surface area contributed by atoms with Crippen LogP contribution >= 0.6 is 0 Å². The standard InChI is InChI=1S/C16H15N5O4/c1-3-20-14-6-4-10(8-12(14)18-19-20)16(22)17-13-9-11(21(23)24)5-7-15(13)25-2/h4-9H,3H2,1-2H3,(H,17,22). The number of carbonyl (C=O) groups is 1. The lowest BCUT2D eigenvalue weighted by Crippen LogP contribution is -2.13. The molecule has 0 spiro atoms.